The van der Waals surface area contributed by atoms with Crippen LogP contribution in [0.5, 0.6) is 0 Å². The van der Waals surface area contributed by atoms with E-state index in [1.807, 2.05) is 12.1 Å². The molecule has 0 saturated heterocycles. The summed E-state index contributed by atoms with van der Waals surface area (Å²) >= 11 is 3.54. The predicted molar refractivity (Wildman–Crippen MR) is 104 cm³/mol. The molecule has 27 heavy (non-hydrogen) atoms. The number of aromatic amines is 1. The first-order valence-electron chi connectivity index (χ1n) is 8.10. The SMILES string of the molecule is O=C(Cc1ccc(F)cc1)Nc1cc(-c2[nH]c3ccnnc3c2Br)ccn1. The van der Waals surface area contributed by atoms with Crippen molar-refractivity contribution in [3.05, 3.63) is 70.7 Å². The number of rotatable bonds is 4. The monoisotopic (exact) mass is 425 g/mol. The maximum atomic E-state index is 13.0. The van der Waals surface area contributed by atoms with Gasteiger partial charge >= 0.3 is 0 Å². The van der Waals surface area contributed by atoms with Gasteiger partial charge in [-0.3, -0.25) is 4.79 Å². The fourth-order valence-electron chi connectivity index (χ4n) is 2.73. The number of benzene rings is 1. The van der Waals surface area contributed by atoms with E-state index in [1.54, 1.807) is 30.6 Å². The average molecular weight is 426 g/mol. The first kappa shape index (κ1) is 17.3. The molecular weight excluding hydrogens is 413 g/mol. The molecule has 3 heterocycles. The van der Waals surface area contributed by atoms with E-state index in [2.05, 4.69) is 41.4 Å². The number of fused-ring (bicyclic) bond motifs is 1. The van der Waals surface area contributed by atoms with Crippen LogP contribution in [0.1, 0.15) is 5.56 Å². The summed E-state index contributed by atoms with van der Waals surface area (Å²) in [7, 11) is 0. The number of amides is 1. The highest BCUT2D eigenvalue weighted by atomic mass is 79.9. The molecule has 8 heteroatoms. The normalized spacial score (nSPS) is 10.9. The van der Waals surface area contributed by atoms with E-state index in [0.29, 0.717) is 5.82 Å². The van der Waals surface area contributed by atoms with Crippen molar-refractivity contribution in [2.24, 2.45) is 0 Å². The van der Waals surface area contributed by atoms with Gasteiger partial charge in [-0.1, -0.05) is 12.1 Å². The summed E-state index contributed by atoms with van der Waals surface area (Å²) in [6.07, 6.45) is 3.37. The second kappa shape index (κ2) is 7.24. The zero-order valence-electron chi connectivity index (χ0n) is 13.9. The number of nitrogens with one attached hydrogen (secondary N) is 2. The van der Waals surface area contributed by atoms with Crippen molar-refractivity contribution in [1.29, 1.82) is 0 Å². The highest BCUT2D eigenvalue weighted by Gasteiger charge is 2.13. The molecule has 0 aliphatic heterocycles. The Hall–Kier alpha value is -3.13. The molecule has 0 aliphatic rings. The van der Waals surface area contributed by atoms with Crippen LogP contribution in [0.4, 0.5) is 10.2 Å². The van der Waals surface area contributed by atoms with Crippen LogP contribution in [0.25, 0.3) is 22.3 Å². The maximum Gasteiger partial charge on any atom is 0.229 e. The minimum Gasteiger partial charge on any atom is -0.352 e. The number of halogens is 2. The molecule has 0 bridgehead atoms. The number of hydrogen-bond donors (Lipinski definition) is 2. The summed E-state index contributed by atoms with van der Waals surface area (Å²) in [5, 5.41) is 10.8. The number of H-pyrrole nitrogens is 1. The van der Waals surface area contributed by atoms with Crippen molar-refractivity contribution < 1.29 is 9.18 Å². The minimum absolute atomic E-state index is 0.137. The Balaban J connectivity index is 1.56. The van der Waals surface area contributed by atoms with Crippen LogP contribution in [0.2, 0.25) is 0 Å². The summed E-state index contributed by atoms with van der Waals surface area (Å²) in [5.41, 5.74) is 3.97. The number of aromatic nitrogens is 4. The smallest absolute Gasteiger partial charge is 0.229 e. The van der Waals surface area contributed by atoms with Gasteiger partial charge in [-0.2, -0.15) is 5.10 Å². The van der Waals surface area contributed by atoms with Crippen molar-refractivity contribution in [3.8, 4) is 11.3 Å². The molecule has 4 aromatic rings. The highest BCUT2D eigenvalue weighted by molar-refractivity contribution is 9.10. The Labute approximate surface area is 162 Å². The van der Waals surface area contributed by atoms with Crippen LogP contribution in [0, 0.1) is 5.82 Å². The number of pyridine rings is 1. The van der Waals surface area contributed by atoms with Gasteiger partial charge in [-0.15, -0.1) is 5.10 Å². The molecule has 0 atom stereocenters. The van der Waals surface area contributed by atoms with Crippen molar-refractivity contribution in [2.75, 3.05) is 5.32 Å². The predicted octanol–water partition coefficient (Wildman–Crippen LogP) is 4.10. The molecule has 0 saturated carbocycles. The molecule has 2 N–H and O–H groups in total. The summed E-state index contributed by atoms with van der Waals surface area (Å²) in [6.45, 7) is 0. The lowest BCUT2D eigenvalue weighted by molar-refractivity contribution is -0.115. The van der Waals surface area contributed by atoms with Gasteiger partial charge in [0.1, 0.15) is 17.2 Å². The number of nitrogens with zero attached hydrogens (tertiary/aromatic N) is 3. The van der Waals surface area contributed by atoms with Gasteiger partial charge in [0.15, 0.2) is 0 Å². The van der Waals surface area contributed by atoms with Crippen molar-refractivity contribution in [1.82, 2.24) is 20.2 Å². The summed E-state index contributed by atoms with van der Waals surface area (Å²) in [4.78, 5) is 19.7. The third-order valence-corrected chi connectivity index (χ3v) is 4.77. The lowest BCUT2D eigenvalue weighted by atomic mass is 10.1. The van der Waals surface area contributed by atoms with Gasteiger partial charge in [0.05, 0.1) is 28.3 Å². The molecule has 0 aliphatic carbocycles. The quantitative estimate of drug-likeness (QED) is 0.515. The molecule has 1 amide bonds. The van der Waals surface area contributed by atoms with Gasteiger partial charge < -0.3 is 10.3 Å². The lowest BCUT2D eigenvalue weighted by Gasteiger charge is -2.07. The van der Waals surface area contributed by atoms with E-state index >= 15 is 0 Å². The van der Waals surface area contributed by atoms with Crippen LogP contribution in [-0.2, 0) is 11.2 Å². The number of hydrogen-bond acceptors (Lipinski definition) is 4. The van der Waals surface area contributed by atoms with Crippen molar-refractivity contribution in [2.45, 2.75) is 6.42 Å². The molecule has 134 valence electrons. The third-order valence-electron chi connectivity index (χ3n) is 4.00. The second-order valence-electron chi connectivity index (χ2n) is 5.89. The van der Waals surface area contributed by atoms with Crippen LogP contribution in [0.3, 0.4) is 0 Å². The molecule has 3 aromatic heterocycles. The minimum atomic E-state index is -0.331. The van der Waals surface area contributed by atoms with Crippen LogP contribution >= 0.6 is 15.9 Å². The van der Waals surface area contributed by atoms with Gasteiger partial charge in [0, 0.05) is 11.8 Å². The van der Waals surface area contributed by atoms with E-state index in [0.717, 1.165) is 32.3 Å². The van der Waals surface area contributed by atoms with Gasteiger partial charge in [-0.05, 0) is 51.8 Å². The molecule has 0 spiro atoms. The first-order chi connectivity index (χ1) is 13.1. The molecule has 4 rings (SSSR count). The van der Waals surface area contributed by atoms with Gasteiger partial charge in [0.25, 0.3) is 0 Å². The average Bonchev–Trinajstić information content (AvgIpc) is 3.01. The van der Waals surface area contributed by atoms with Crippen molar-refractivity contribution in [3.63, 3.8) is 0 Å². The van der Waals surface area contributed by atoms with E-state index in [1.165, 1.54) is 12.1 Å². The fourth-order valence-corrected chi connectivity index (χ4v) is 3.35. The Morgan fingerprint density at radius 3 is 2.74 bits per heavy atom. The molecule has 0 unspecified atom stereocenters. The number of carbonyl (C=O) groups is 1. The number of anilines is 1. The Morgan fingerprint density at radius 1 is 1.15 bits per heavy atom. The highest BCUT2D eigenvalue weighted by Crippen LogP contribution is 2.33. The Morgan fingerprint density at radius 2 is 1.96 bits per heavy atom. The van der Waals surface area contributed by atoms with E-state index in [9.17, 15) is 9.18 Å². The van der Waals surface area contributed by atoms with E-state index < -0.39 is 0 Å². The standard InChI is InChI=1S/C19H13BrFN5O/c20-17-18(24-14-6-8-23-26-19(14)17)12-5-7-22-15(10-12)25-16(27)9-11-1-3-13(21)4-2-11/h1-8,10,24H,9H2,(H,22,25,27). The molecule has 0 fully saturated rings. The topological polar surface area (TPSA) is 83.6 Å². The maximum absolute atomic E-state index is 13.0. The van der Waals surface area contributed by atoms with Gasteiger partial charge in [-0.25, -0.2) is 9.37 Å². The Kier molecular flexibility index (Phi) is 4.64. The van der Waals surface area contributed by atoms with Crippen molar-refractivity contribution >= 4 is 38.7 Å². The summed E-state index contributed by atoms with van der Waals surface area (Å²) in [6, 6.07) is 11.3. The molecular formula is C19H13BrFN5O. The van der Waals surface area contributed by atoms with Crippen LogP contribution in [-0.4, -0.2) is 26.1 Å². The van der Waals surface area contributed by atoms with Gasteiger partial charge in [0.2, 0.25) is 5.91 Å². The fraction of sp³-hybridized carbons (Fsp3) is 0.0526. The second-order valence-corrected chi connectivity index (χ2v) is 6.68. The van der Waals surface area contributed by atoms with Crippen LogP contribution < -0.4 is 5.32 Å². The first-order valence-corrected chi connectivity index (χ1v) is 8.89. The Bertz CT molecular complexity index is 1130. The molecule has 1 aromatic carbocycles. The third kappa shape index (κ3) is 3.70. The summed E-state index contributed by atoms with van der Waals surface area (Å²) < 4.78 is 13.8. The summed E-state index contributed by atoms with van der Waals surface area (Å²) in [5.74, 6) is -0.133. The molecule has 6 nitrogen and oxygen atoms in total. The number of carbonyl (C=O) groups excluding carboxylic acids is 1. The zero-order valence-corrected chi connectivity index (χ0v) is 15.5. The van der Waals surface area contributed by atoms with Crippen LogP contribution in [0.15, 0.2) is 59.3 Å². The lowest BCUT2D eigenvalue weighted by Crippen LogP contribution is -2.15. The van der Waals surface area contributed by atoms with E-state index in [4.69, 9.17) is 0 Å². The molecule has 0 radical (unpaired) electrons. The largest absolute Gasteiger partial charge is 0.352 e. The zero-order chi connectivity index (χ0) is 18.8. The van der Waals surface area contributed by atoms with E-state index in [-0.39, 0.29) is 18.1 Å².